The van der Waals surface area contributed by atoms with E-state index in [-0.39, 0.29) is 0 Å². The van der Waals surface area contributed by atoms with Crippen LogP contribution in [0.3, 0.4) is 0 Å². The third kappa shape index (κ3) is 4.59. The average Bonchev–Trinajstić information content (AvgIpc) is 2.72. The first kappa shape index (κ1) is 18.8. The van der Waals surface area contributed by atoms with Gasteiger partial charge in [-0.3, -0.25) is 0 Å². The van der Waals surface area contributed by atoms with Crippen LogP contribution in [0.2, 0.25) is 0 Å². The summed E-state index contributed by atoms with van der Waals surface area (Å²) in [5.74, 6) is 2.38. The number of nitrogens with one attached hydrogen (secondary N) is 1. The molecule has 0 aromatic heterocycles. The van der Waals surface area contributed by atoms with Crippen molar-refractivity contribution in [3.05, 3.63) is 59.7 Å². The molecule has 26 heavy (non-hydrogen) atoms. The standard InChI is InChI=1S/C23H31NO2/c1-24(16-15-18-9-14-22(25-2)23(17-18)26-3)21-12-10-20(11-13-21)19-7-5-4-6-8-19/h4-9,14,17,20-21H,10-13,15-16H2,1-3H3/p+1. The van der Waals surface area contributed by atoms with Gasteiger partial charge in [0.1, 0.15) is 0 Å². The Morgan fingerprint density at radius 2 is 1.58 bits per heavy atom. The fourth-order valence-corrected chi connectivity index (χ4v) is 4.23. The molecule has 2 aromatic rings. The number of likely N-dealkylation sites (N-methyl/N-ethyl adjacent to an activating group) is 1. The highest BCUT2D eigenvalue weighted by Crippen LogP contribution is 2.32. The molecule has 3 rings (SSSR count). The van der Waals surface area contributed by atoms with E-state index in [9.17, 15) is 0 Å². The molecule has 0 saturated heterocycles. The van der Waals surface area contributed by atoms with Gasteiger partial charge in [0.15, 0.2) is 11.5 Å². The van der Waals surface area contributed by atoms with Crippen molar-refractivity contribution >= 4 is 0 Å². The molecule has 1 unspecified atom stereocenters. The SMILES string of the molecule is COc1ccc(CC[NH+](C)C2CCC(c3ccccc3)CC2)cc1OC. The Labute approximate surface area is 157 Å². The Morgan fingerprint density at radius 3 is 2.23 bits per heavy atom. The molecule has 0 heterocycles. The molecule has 2 aromatic carbocycles. The van der Waals surface area contributed by atoms with Gasteiger partial charge >= 0.3 is 0 Å². The summed E-state index contributed by atoms with van der Waals surface area (Å²) >= 11 is 0. The molecule has 1 aliphatic carbocycles. The minimum atomic E-state index is 0.756. The van der Waals surface area contributed by atoms with Crippen molar-refractivity contribution < 1.29 is 14.4 Å². The Bertz CT molecular complexity index is 678. The van der Waals surface area contributed by atoms with Crippen LogP contribution >= 0.6 is 0 Å². The molecule has 0 amide bonds. The van der Waals surface area contributed by atoms with Gasteiger partial charge in [-0.2, -0.15) is 0 Å². The summed E-state index contributed by atoms with van der Waals surface area (Å²) in [5, 5.41) is 0. The number of benzene rings is 2. The van der Waals surface area contributed by atoms with Gasteiger partial charge in [-0.1, -0.05) is 36.4 Å². The van der Waals surface area contributed by atoms with Gasteiger partial charge in [0.05, 0.1) is 33.9 Å². The van der Waals surface area contributed by atoms with Crippen molar-refractivity contribution in [1.29, 1.82) is 0 Å². The molecule has 0 aliphatic heterocycles. The van der Waals surface area contributed by atoms with Crippen LogP contribution in [-0.2, 0) is 6.42 Å². The summed E-state index contributed by atoms with van der Waals surface area (Å²) in [6.45, 7) is 1.16. The third-order valence-electron chi connectivity index (χ3n) is 5.95. The predicted octanol–water partition coefficient (Wildman–Crippen LogP) is 3.49. The zero-order valence-electron chi connectivity index (χ0n) is 16.3. The largest absolute Gasteiger partial charge is 0.493 e. The molecule has 3 nitrogen and oxygen atoms in total. The van der Waals surface area contributed by atoms with E-state index in [1.807, 2.05) is 6.07 Å². The lowest BCUT2D eigenvalue weighted by Gasteiger charge is -2.32. The Kier molecular flexibility index (Phi) is 6.56. The lowest BCUT2D eigenvalue weighted by Crippen LogP contribution is -3.13. The predicted molar refractivity (Wildman–Crippen MR) is 106 cm³/mol. The van der Waals surface area contributed by atoms with Gasteiger partial charge in [0, 0.05) is 6.42 Å². The highest BCUT2D eigenvalue weighted by atomic mass is 16.5. The number of methoxy groups -OCH3 is 2. The molecule has 0 bridgehead atoms. The Morgan fingerprint density at radius 1 is 0.885 bits per heavy atom. The lowest BCUT2D eigenvalue weighted by molar-refractivity contribution is -0.907. The van der Waals surface area contributed by atoms with E-state index in [1.54, 1.807) is 19.1 Å². The molecule has 1 atom stereocenters. The van der Waals surface area contributed by atoms with Crippen molar-refractivity contribution in [2.75, 3.05) is 27.8 Å². The second-order valence-corrected chi connectivity index (χ2v) is 7.49. The maximum Gasteiger partial charge on any atom is 0.160 e. The van der Waals surface area contributed by atoms with Crippen LogP contribution in [-0.4, -0.2) is 33.9 Å². The molecule has 0 radical (unpaired) electrons. The molecular formula is C23H32NO2+. The zero-order valence-corrected chi connectivity index (χ0v) is 16.3. The molecule has 3 heteroatoms. The molecule has 140 valence electrons. The van der Waals surface area contributed by atoms with E-state index in [2.05, 4.69) is 49.5 Å². The minimum Gasteiger partial charge on any atom is -0.493 e. The summed E-state index contributed by atoms with van der Waals surface area (Å²) < 4.78 is 10.8. The van der Waals surface area contributed by atoms with Crippen LogP contribution in [0.15, 0.2) is 48.5 Å². The van der Waals surface area contributed by atoms with E-state index in [0.717, 1.165) is 36.4 Å². The van der Waals surface area contributed by atoms with Crippen LogP contribution < -0.4 is 14.4 Å². The van der Waals surface area contributed by atoms with Crippen LogP contribution in [0.25, 0.3) is 0 Å². The summed E-state index contributed by atoms with van der Waals surface area (Å²) in [7, 11) is 5.74. The first-order chi connectivity index (χ1) is 12.7. The van der Waals surface area contributed by atoms with Gasteiger partial charge in [0.2, 0.25) is 0 Å². The number of quaternary nitrogens is 1. The second-order valence-electron chi connectivity index (χ2n) is 7.49. The maximum absolute atomic E-state index is 5.42. The van der Waals surface area contributed by atoms with Gasteiger partial charge in [-0.25, -0.2) is 0 Å². The van der Waals surface area contributed by atoms with E-state index < -0.39 is 0 Å². The van der Waals surface area contributed by atoms with Crippen molar-refractivity contribution in [3.8, 4) is 11.5 Å². The molecular weight excluding hydrogens is 322 g/mol. The average molecular weight is 355 g/mol. The smallest absolute Gasteiger partial charge is 0.160 e. The van der Waals surface area contributed by atoms with E-state index in [1.165, 1.54) is 36.8 Å². The highest BCUT2D eigenvalue weighted by molar-refractivity contribution is 5.42. The summed E-state index contributed by atoms with van der Waals surface area (Å²) in [6.07, 6.45) is 6.38. The zero-order chi connectivity index (χ0) is 18.4. The van der Waals surface area contributed by atoms with Crippen molar-refractivity contribution in [2.45, 2.75) is 44.1 Å². The summed E-state index contributed by atoms with van der Waals surface area (Å²) in [4.78, 5) is 1.66. The maximum atomic E-state index is 5.42. The topological polar surface area (TPSA) is 22.9 Å². The quantitative estimate of drug-likeness (QED) is 0.822. The molecule has 1 fully saturated rings. The van der Waals surface area contributed by atoms with Gasteiger partial charge < -0.3 is 14.4 Å². The minimum absolute atomic E-state index is 0.756. The molecule has 1 aliphatic rings. The monoisotopic (exact) mass is 354 g/mol. The van der Waals surface area contributed by atoms with Gasteiger partial charge in [-0.05, 0) is 54.9 Å². The van der Waals surface area contributed by atoms with E-state index >= 15 is 0 Å². The molecule has 0 spiro atoms. The van der Waals surface area contributed by atoms with Crippen molar-refractivity contribution in [2.24, 2.45) is 0 Å². The normalized spacial score (nSPS) is 21.2. The van der Waals surface area contributed by atoms with E-state index in [4.69, 9.17) is 9.47 Å². The van der Waals surface area contributed by atoms with Crippen LogP contribution in [0.1, 0.15) is 42.7 Å². The fraction of sp³-hybridized carbons (Fsp3) is 0.478. The van der Waals surface area contributed by atoms with Crippen molar-refractivity contribution in [3.63, 3.8) is 0 Å². The number of hydrogen-bond acceptors (Lipinski definition) is 2. The van der Waals surface area contributed by atoms with Crippen LogP contribution in [0.5, 0.6) is 11.5 Å². The summed E-state index contributed by atoms with van der Waals surface area (Å²) in [5.41, 5.74) is 2.84. The molecule has 1 N–H and O–H groups in total. The number of rotatable bonds is 7. The Balaban J connectivity index is 1.49. The third-order valence-corrected chi connectivity index (χ3v) is 5.95. The van der Waals surface area contributed by atoms with Crippen LogP contribution in [0, 0.1) is 0 Å². The first-order valence-corrected chi connectivity index (χ1v) is 9.79. The molecule has 1 saturated carbocycles. The van der Waals surface area contributed by atoms with Gasteiger partial charge in [-0.15, -0.1) is 0 Å². The summed E-state index contributed by atoms with van der Waals surface area (Å²) in [6, 6.07) is 18.1. The highest BCUT2D eigenvalue weighted by Gasteiger charge is 2.27. The van der Waals surface area contributed by atoms with Crippen LogP contribution in [0.4, 0.5) is 0 Å². The Hall–Kier alpha value is -2.00. The number of hydrogen-bond donors (Lipinski definition) is 1. The fourth-order valence-electron chi connectivity index (χ4n) is 4.23. The van der Waals surface area contributed by atoms with E-state index in [0.29, 0.717) is 0 Å². The van der Waals surface area contributed by atoms with Gasteiger partial charge in [0.25, 0.3) is 0 Å². The lowest BCUT2D eigenvalue weighted by atomic mass is 9.81. The number of ether oxygens (including phenoxy) is 2. The second kappa shape index (κ2) is 9.09. The van der Waals surface area contributed by atoms with Crippen molar-refractivity contribution in [1.82, 2.24) is 0 Å². The first-order valence-electron chi connectivity index (χ1n) is 9.79.